The van der Waals surface area contributed by atoms with Gasteiger partial charge < -0.3 is 5.32 Å². The summed E-state index contributed by atoms with van der Waals surface area (Å²) in [5.41, 5.74) is -0.371. The summed E-state index contributed by atoms with van der Waals surface area (Å²) in [5, 5.41) is 2.86. The Morgan fingerprint density at radius 2 is 1.69 bits per heavy atom. The molecular formula is C22H27FN2O3S. The lowest BCUT2D eigenvalue weighted by molar-refractivity contribution is -0.121. The lowest BCUT2D eigenvalue weighted by Gasteiger charge is -2.28. The van der Waals surface area contributed by atoms with Gasteiger partial charge in [-0.2, -0.15) is 0 Å². The van der Waals surface area contributed by atoms with Crippen molar-refractivity contribution >= 4 is 21.6 Å². The fourth-order valence-corrected chi connectivity index (χ4v) is 5.33. The first-order chi connectivity index (χ1) is 13.5. The minimum Gasteiger partial charge on any atom is -0.325 e. The summed E-state index contributed by atoms with van der Waals surface area (Å²) in [4.78, 5) is 13.3. The summed E-state index contributed by atoms with van der Waals surface area (Å²) in [5.74, 6) is -0.609. The molecule has 2 aromatic carbocycles. The van der Waals surface area contributed by atoms with Crippen molar-refractivity contribution in [3.8, 4) is 0 Å². The number of amides is 1. The van der Waals surface area contributed by atoms with Crippen LogP contribution >= 0.6 is 0 Å². The van der Waals surface area contributed by atoms with E-state index >= 15 is 0 Å². The molecule has 2 N–H and O–H groups in total. The van der Waals surface area contributed by atoms with Crippen LogP contribution in [0.25, 0.3) is 0 Å². The zero-order chi connectivity index (χ0) is 21.3. The first-order valence-electron chi connectivity index (χ1n) is 9.73. The van der Waals surface area contributed by atoms with Gasteiger partial charge in [-0.25, -0.2) is 17.5 Å². The predicted octanol–water partition coefficient (Wildman–Crippen LogP) is 4.35. The summed E-state index contributed by atoms with van der Waals surface area (Å²) in [6.45, 7) is 5.29. The van der Waals surface area contributed by atoms with Crippen molar-refractivity contribution < 1.29 is 17.6 Å². The molecule has 0 aromatic heterocycles. The van der Waals surface area contributed by atoms with E-state index in [1.54, 1.807) is 45.0 Å². The molecule has 5 nitrogen and oxygen atoms in total. The molecule has 156 valence electrons. The molecule has 1 amide bonds. The maximum atomic E-state index is 13.8. The molecule has 0 unspecified atom stereocenters. The molecule has 0 atom stereocenters. The average molecular weight is 419 g/mol. The number of anilines is 1. The first kappa shape index (κ1) is 21.5. The third kappa shape index (κ3) is 4.85. The number of hydrogen-bond acceptors (Lipinski definition) is 3. The molecule has 0 heterocycles. The fraction of sp³-hybridized carbons (Fsp3) is 0.409. The van der Waals surface area contributed by atoms with Crippen LogP contribution in [0.1, 0.15) is 52.0 Å². The van der Waals surface area contributed by atoms with Crippen molar-refractivity contribution in [2.24, 2.45) is 0 Å². The molecule has 0 aliphatic heterocycles. The van der Waals surface area contributed by atoms with Crippen molar-refractivity contribution in [3.63, 3.8) is 0 Å². The van der Waals surface area contributed by atoms with Crippen LogP contribution in [0.3, 0.4) is 0 Å². The second kappa shape index (κ2) is 7.88. The standard InChI is InChI=1S/C22H27FN2O3S/c1-21(2,3)25-29(27,28)19-11-7-10-18(15-19)24-20(26)22(12-4-5-13-22)16-8-6-9-17(23)14-16/h6-11,14-15,25H,4-5,12-13H2,1-3H3,(H,24,26). The van der Waals surface area contributed by atoms with Gasteiger partial charge in [0.1, 0.15) is 5.82 Å². The zero-order valence-electron chi connectivity index (χ0n) is 17.0. The molecule has 1 saturated carbocycles. The fourth-order valence-electron chi connectivity index (χ4n) is 3.87. The highest BCUT2D eigenvalue weighted by molar-refractivity contribution is 7.89. The number of hydrogen-bond donors (Lipinski definition) is 2. The Morgan fingerprint density at radius 3 is 2.31 bits per heavy atom. The van der Waals surface area contributed by atoms with Crippen LogP contribution in [-0.2, 0) is 20.2 Å². The molecule has 0 saturated heterocycles. The lowest BCUT2D eigenvalue weighted by Crippen LogP contribution is -2.40. The zero-order valence-corrected chi connectivity index (χ0v) is 17.8. The normalized spacial score (nSPS) is 16.6. The van der Waals surface area contributed by atoms with Gasteiger partial charge in [0.15, 0.2) is 0 Å². The van der Waals surface area contributed by atoms with E-state index in [1.807, 2.05) is 0 Å². The summed E-state index contributed by atoms with van der Waals surface area (Å²) < 4.78 is 41.6. The monoisotopic (exact) mass is 418 g/mol. The summed E-state index contributed by atoms with van der Waals surface area (Å²) in [6.07, 6.45) is 3.03. The quantitative estimate of drug-likeness (QED) is 0.758. The van der Waals surface area contributed by atoms with E-state index < -0.39 is 21.0 Å². The predicted molar refractivity (Wildman–Crippen MR) is 112 cm³/mol. The van der Waals surface area contributed by atoms with Gasteiger partial charge in [0.05, 0.1) is 10.3 Å². The average Bonchev–Trinajstić information content (AvgIpc) is 3.11. The minimum atomic E-state index is -3.72. The Hall–Kier alpha value is -2.25. The maximum Gasteiger partial charge on any atom is 0.241 e. The number of rotatable bonds is 5. The van der Waals surface area contributed by atoms with Crippen molar-refractivity contribution in [3.05, 3.63) is 59.9 Å². The molecule has 0 bridgehead atoms. The van der Waals surface area contributed by atoms with E-state index in [-0.39, 0.29) is 16.6 Å². The van der Waals surface area contributed by atoms with Crippen molar-refractivity contribution in [1.82, 2.24) is 4.72 Å². The molecule has 1 aliphatic rings. The molecule has 1 fully saturated rings. The smallest absolute Gasteiger partial charge is 0.241 e. The topological polar surface area (TPSA) is 75.3 Å². The molecule has 3 rings (SSSR count). The summed E-state index contributed by atoms with van der Waals surface area (Å²) in [6, 6.07) is 12.4. The number of halogens is 1. The Labute approximate surface area is 171 Å². The third-order valence-electron chi connectivity index (χ3n) is 5.11. The highest BCUT2D eigenvalue weighted by Gasteiger charge is 2.43. The van der Waals surface area contributed by atoms with E-state index in [9.17, 15) is 17.6 Å². The molecule has 1 aliphatic carbocycles. The Bertz CT molecular complexity index is 1010. The van der Waals surface area contributed by atoms with Crippen molar-refractivity contribution in [2.45, 2.75) is 62.3 Å². The molecule has 0 radical (unpaired) electrons. The summed E-state index contributed by atoms with van der Waals surface area (Å²) >= 11 is 0. The third-order valence-corrected chi connectivity index (χ3v) is 6.87. The number of carbonyl (C=O) groups excluding carboxylic acids is 1. The molecular weight excluding hydrogens is 391 g/mol. The van der Waals surface area contributed by atoms with Gasteiger partial charge in [0.2, 0.25) is 15.9 Å². The van der Waals surface area contributed by atoms with Crippen LogP contribution < -0.4 is 10.0 Å². The molecule has 29 heavy (non-hydrogen) atoms. The summed E-state index contributed by atoms with van der Waals surface area (Å²) in [7, 11) is -3.72. The highest BCUT2D eigenvalue weighted by Crippen LogP contribution is 2.42. The van der Waals surface area contributed by atoms with Crippen LogP contribution in [0.5, 0.6) is 0 Å². The maximum absolute atomic E-state index is 13.8. The second-order valence-electron chi connectivity index (χ2n) is 8.64. The van der Waals surface area contributed by atoms with Gasteiger partial charge >= 0.3 is 0 Å². The number of sulfonamides is 1. The van der Waals surface area contributed by atoms with Gasteiger partial charge in [0.25, 0.3) is 0 Å². The van der Waals surface area contributed by atoms with Gasteiger partial charge in [-0.3, -0.25) is 4.79 Å². The SMILES string of the molecule is CC(C)(C)NS(=O)(=O)c1cccc(NC(=O)C2(c3cccc(F)c3)CCCC2)c1. The van der Waals surface area contributed by atoms with Crippen LogP contribution in [0.4, 0.5) is 10.1 Å². The van der Waals surface area contributed by atoms with Crippen molar-refractivity contribution in [2.75, 3.05) is 5.32 Å². The van der Waals surface area contributed by atoms with Gasteiger partial charge in [0, 0.05) is 11.2 Å². The van der Waals surface area contributed by atoms with E-state index in [0.717, 1.165) is 12.8 Å². The van der Waals surface area contributed by atoms with E-state index in [4.69, 9.17) is 0 Å². The minimum absolute atomic E-state index is 0.0800. The second-order valence-corrected chi connectivity index (χ2v) is 10.3. The number of benzene rings is 2. The Balaban J connectivity index is 1.88. The largest absolute Gasteiger partial charge is 0.325 e. The van der Waals surface area contributed by atoms with E-state index in [2.05, 4.69) is 10.0 Å². The van der Waals surface area contributed by atoms with Crippen LogP contribution in [0.2, 0.25) is 0 Å². The molecule has 7 heteroatoms. The van der Waals surface area contributed by atoms with E-state index in [1.165, 1.54) is 24.3 Å². The lowest BCUT2D eigenvalue weighted by atomic mass is 9.78. The molecule has 0 spiro atoms. The number of carbonyl (C=O) groups is 1. The van der Waals surface area contributed by atoms with Crippen LogP contribution in [0, 0.1) is 5.82 Å². The van der Waals surface area contributed by atoms with Gasteiger partial charge in [-0.15, -0.1) is 0 Å². The Morgan fingerprint density at radius 1 is 1.03 bits per heavy atom. The van der Waals surface area contributed by atoms with Crippen LogP contribution in [-0.4, -0.2) is 19.9 Å². The number of nitrogens with one attached hydrogen (secondary N) is 2. The van der Waals surface area contributed by atoms with Gasteiger partial charge in [-0.05, 0) is 69.5 Å². The molecule has 2 aromatic rings. The van der Waals surface area contributed by atoms with Crippen molar-refractivity contribution in [1.29, 1.82) is 0 Å². The van der Waals surface area contributed by atoms with Crippen LogP contribution in [0.15, 0.2) is 53.4 Å². The van der Waals surface area contributed by atoms with E-state index in [0.29, 0.717) is 24.1 Å². The van der Waals surface area contributed by atoms with Gasteiger partial charge in [-0.1, -0.05) is 31.0 Å². The highest BCUT2D eigenvalue weighted by atomic mass is 32.2. The Kier molecular flexibility index (Phi) is 5.83. The first-order valence-corrected chi connectivity index (χ1v) is 11.2.